The lowest BCUT2D eigenvalue weighted by Gasteiger charge is -2.32. The molecule has 1 saturated heterocycles. The third-order valence-corrected chi connectivity index (χ3v) is 3.78. The Labute approximate surface area is 113 Å². The van der Waals surface area contributed by atoms with Gasteiger partial charge in [-0.3, -0.25) is 4.79 Å². The predicted molar refractivity (Wildman–Crippen MR) is 73.2 cm³/mol. The first-order valence-electron chi connectivity index (χ1n) is 6.82. The molecule has 104 valence electrons. The van der Waals surface area contributed by atoms with Crippen LogP contribution < -0.4 is 10.6 Å². The molecule has 0 aliphatic carbocycles. The maximum absolute atomic E-state index is 12.8. The van der Waals surface area contributed by atoms with Gasteiger partial charge in [0.15, 0.2) is 0 Å². The molecule has 3 nitrogen and oxygen atoms in total. The second kappa shape index (κ2) is 6.15. The van der Waals surface area contributed by atoms with Crippen LogP contribution in [-0.2, 0) is 11.2 Å². The number of carbonyl (C=O) groups is 1. The van der Waals surface area contributed by atoms with E-state index in [1.165, 1.54) is 12.1 Å². The normalized spacial score (nSPS) is 18.5. The molecule has 2 unspecified atom stereocenters. The second-order valence-corrected chi connectivity index (χ2v) is 5.45. The van der Waals surface area contributed by atoms with Gasteiger partial charge >= 0.3 is 0 Å². The third-order valence-electron chi connectivity index (χ3n) is 3.78. The van der Waals surface area contributed by atoms with Crippen molar-refractivity contribution in [2.75, 3.05) is 13.1 Å². The van der Waals surface area contributed by atoms with Crippen molar-refractivity contribution in [2.24, 2.45) is 11.8 Å². The number of hydrogen-bond acceptors (Lipinski definition) is 2. The molecule has 0 aromatic heterocycles. The number of hydrogen-bond donors (Lipinski definition) is 2. The molecule has 1 fully saturated rings. The van der Waals surface area contributed by atoms with E-state index in [1.54, 1.807) is 12.1 Å². The van der Waals surface area contributed by atoms with Gasteiger partial charge in [0.1, 0.15) is 5.82 Å². The molecule has 0 radical (unpaired) electrons. The van der Waals surface area contributed by atoms with Crippen LogP contribution >= 0.6 is 0 Å². The highest BCUT2D eigenvalue weighted by atomic mass is 19.1. The largest absolute Gasteiger partial charge is 0.353 e. The average Bonchev–Trinajstić information content (AvgIpc) is 2.29. The zero-order valence-corrected chi connectivity index (χ0v) is 11.4. The first-order chi connectivity index (χ1) is 9.06. The smallest absolute Gasteiger partial charge is 0.223 e. The molecular formula is C15H21FN2O. The zero-order valence-electron chi connectivity index (χ0n) is 11.4. The van der Waals surface area contributed by atoms with Crippen LogP contribution in [0.2, 0.25) is 0 Å². The van der Waals surface area contributed by atoms with Crippen LogP contribution in [0.15, 0.2) is 24.3 Å². The molecule has 2 N–H and O–H groups in total. The van der Waals surface area contributed by atoms with Crippen molar-refractivity contribution in [2.45, 2.75) is 26.3 Å². The SMILES string of the molecule is CC(Cc1ccc(F)cc1)NC(=O)C(C)C1CNC1. The van der Waals surface area contributed by atoms with Gasteiger partial charge in [-0.2, -0.15) is 0 Å². The van der Waals surface area contributed by atoms with E-state index in [-0.39, 0.29) is 23.7 Å². The highest BCUT2D eigenvalue weighted by Crippen LogP contribution is 2.16. The summed E-state index contributed by atoms with van der Waals surface area (Å²) in [4.78, 5) is 12.0. The fourth-order valence-corrected chi connectivity index (χ4v) is 2.28. The molecule has 2 atom stereocenters. The zero-order chi connectivity index (χ0) is 13.8. The first kappa shape index (κ1) is 14.0. The molecule has 1 aromatic carbocycles. The summed E-state index contributed by atoms with van der Waals surface area (Å²) in [6.45, 7) is 5.82. The summed E-state index contributed by atoms with van der Waals surface area (Å²) < 4.78 is 12.8. The van der Waals surface area contributed by atoms with E-state index in [0.717, 1.165) is 25.1 Å². The van der Waals surface area contributed by atoms with E-state index >= 15 is 0 Å². The number of rotatable bonds is 5. The monoisotopic (exact) mass is 264 g/mol. The van der Waals surface area contributed by atoms with Crippen LogP contribution in [-0.4, -0.2) is 25.0 Å². The van der Waals surface area contributed by atoms with Crippen molar-refractivity contribution >= 4 is 5.91 Å². The molecule has 1 aromatic rings. The van der Waals surface area contributed by atoms with Gasteiger partial charge in [-0.1, -0.05) is 19.1 Å². The van der Waals surface area contributed by atoms with Crippen LogP contribution in [0.3, 0.4) is 0 Å². The van der Waals surface area contributed by atoms with Crippen molar-refractivity contribution in [3.63, 3.8) is 0 Å². The van der Waals surface area contributed by atoms with Crippen LogP contribution in [0, 0.1) is 17.7 Å². The average molecular weight is 264 g/mol. The lowest BCUT2D eigenvalue weighted by atomic mass is 9.88. The summed E-state index contributed by atoms with van der Waals surface area (Å²) in [5.74, 6) is 0.391. The molecule has 2 rings (SSSR count). The molecule has 1 heterocycles. The van der Waals surface area contributed by atoms with Gasteiger partial charge in [-0.15, -0.1) is 0 Å². The Kier molecular flexibility index (Phi) is 4.53. The van der Waals surface area contributed by atoms with E-state index in [2.05, 4.69) is 10.6 Å². The van der Waals surface area contributed by atoms with Gasteiger partial charge in [-0.05, 0) is 50.0 Å². The summed E-state index contributed by atoms with van der Waals surface area (Å²) in [5.41, 5.74) is 1.03. The second-order valence-electron chi connectivity index (χ2n) is 5.45. The summed E-state index contributed by atoms with van der Waals surface area (Å²) in [6.07, 6.45) is 0.724. The van der Waals surface area contributed by atoms with Gasteiger partial charge in [0.2, 0.25) is 5.91 Å². The third kappa shape index (κ3) is 3.77. The number of amides is 1. The predicted octanol–water partition coefficient (Wildman–Crippen LogP) is 1.73. The minimum Gasteiger partial charge on any atom is -0.353 e. The summed E-state index contributed by atoms with van der Waals surface area (Å²) in [6, 6.07) is 6.49. The van der Waals surface area contributed by atoms with Crippen LogP contribution in [0.4, 0.5) is 4.39 Å². The van der Waals surface area contributed by atoms with Crippen LogP contribution in [0.5, 0.6) is 0 Å². The topological polar surface area (TPSA) is 41.1 Å². The van der Waals surface area contributed by atoms with E-state index in [1.807, 2.05) is 13.8 Å². The van der Waals surface area contributed by atoms with Crippen molar-refractivity contribution in [1.29, 1.82) is 0 Å². The summed E-state index contributed by atoms with van der Waals surface area (Å²) >= 11 is 0. The maximum atomic E-state index is 12.8. The quantitative estimate of drug-likeness (QED) is 0.850. The Bertz CT molecular complexity index is 428. The minimum absolute atomic E-state index is 0.0527. The lowest BCUT2D eigenvalue weighted by Crippen LogP contribution is -2.50. The Hall–Kier alpha value is -1.42. The fourth-order valence-electron chi connectivity index (χ4n) is 2.28. The summed E-state index contributed by atoms with van der Waals surface area (Å²) in [5, 5.41) is 6.21. The van der Waals surface area contributed by atoms with Crippen molar-refractivity contribution in [1.82, 2.24) is 10.6 Å². The van der Waals surface area contributed by atoms with Crippen molar-refractivity contribution in [3.8, 4) is 0 Å². The highest BCUT2D eigenvalue weighted by molar-refractivity contribution is 5.79. The Morgan fingerprint density at radius 3 is 2.53 bits per heavy atom. The van der Waals surface area contributed by atoms with E-state index < -0.39 is 0 Å². The molecule has 1 aliphatic rings. The molecule has 0 saturated carbocycles. The molecule has 1 aliphatic heterocycles. The van der Waals surface area contributed by atoms with Crippen molar-refractivity contribution < 1.29 is 9.18 Å². The first-order valence-corrected chi connectivity index (χ1v) is 6.82. The van der Waals surface area contributed by atoms with E-state index in [0.29, 0.717) is 5.92 Å². The summed E-state index contributed by atoms with van der Waals surface area (Å²) in [7, 11) is 0. The molecule has 0 bridgehead atoms. The number of benzene rings is 1. The fraction of sp³-hybridized carbons (Fsp3) is 0.533. The number of carbonyl (C=O) groups excluding carboxylic acids is 1. The van der Waals surface area contributed by atoms with Gasteiger partial charge < -0.3 is 10.6 Å². The number of nitrogens with one attached hydrogen (secondary N) is 2. The lowest BCUT2D eigenvalue weighted by molar-refractivity contribution is -0.127. The Morgan fingerprint density at radius 1 is 1.37 bits per heavy atom. The van der Waals surface area contributed by atoms with Crippen molar-refractivity contribution in [3.05, 3.63) is 35.6 Å². The van der Waals surface area contributed by atoms with E-state index in [9.17, 15) is 9.18 Å². The van der Waals surface area contributed by atoms with Gasteiger partial charge in [0.25, 0.3) is 0 Å². The molecule has 4 heteroatoms. The standard InChI is InChI=1S/C15H21FN2O/c1-10(7-12-3-5-14(16)6-4-12)18-15(19)11(2)13-8-17-9-13/h3-6,10-11,13,17H,7-9H2,1-2H3,(H,18,19). The van der Waals surface area contributed by atoms with E-state index in [4.69, 9.17) is 0 Å². The Morgan fingerprint density at radius 2 is 2.00 bits per heavy atom. The van der Waals surface area contributed by atoms with Gasteiger partial charge in [0, 0.05) is 12.0 Å². The van der Waals surface area contributed by atoms with Crippen LogP contribution in [0.25, 0.3) is 0 Å². The number of halogens is 1. The molecular weight excluding hydrogens is 243 g/mol. The molecule has 19 heavy (non-hydrogen) atoms. The van der Waals surface area contributed by atoms with Crippen LogP contribution in [0.1, 0.15) is 19.4 Å². The molecule has 1 amide bonds. The minimum atomic E-state index is -0.230. The van der Waals surface area contributed by atoms with Gasteiger partial charge in [-0.25, -0.2) is 4.39 Å². The Balaban J connectivity index is 1.81. The molecule has 0 spiro atoms. The van der Waals surface area contributed by atoms with Gasteiger partial charge in [0.05, 0.1) is 0 Å². The maximum Gasteiger partial charge on any atom is 0.223 e. The highest BCUT2D eigenvalue weighted by Gasteiger charge is 2.29.